The Labute approximate surface area is 321 Å². The van der Waals surface area contributed by atoms with Gasteiger partial charge >= 0.3 is 13.8 Å². The number of phosphoric ester groups is 1. The molecule has 1 aliphatic rings. The molecule has 55 heavy (non-hydrogen) atoms. The molecule has 1 N–H and O–H groups in total. The van der Waals surface area contributed by atoms with Crippen LogP contribution in [-0.4, -0.2) is 75.6 Å². The molecule has 0 aliphatic heterocycles. The maximum Gasteiger partial charge on any atom is 0.529 e. The fourth-order valence-electron chi connectivity index (χ4n) is 6.12. The molecule has 0 bridgehead atoms. The molecule has 2 heterocycles. The fourth-order valence-corrected chi connectivity index (χ4v) is 6.94. The number of rotatable bonds is 15. The average molecular weight is 797 g/mol. The quantitative estimate of drug-likeness (QED) is 0.119. The van der Waals surface area contributed by atoms with Crippen molar-refractivity contribution in [2.75, 3.05) is 33.7 Å². The molecule has 1 aliphatic carbocycles. The number of pyridine rings is 1. The molecule has 2 aromatic carbocycles. The average Bonchev–Trinajstić information content (AvgIpc) is 3.89. The molecule has 2 aromatic heterocycles. The third kappa shape index (κ3) is 9.65. The van der Waals surface area contributed by atoms with E-state index in [1.165, 1.54) is 41.6 Å². The Morgan fingerprint density at radius 2 is 1.82 bits per heavy atom. The van der Waals surface area contributed by atoms with Crippen LogP contribution in [0.3, 0.4) is 0 Å². The predicted molar refractivity (Wildman–Crippen MR) is 206 cm³/mol. The van der Waals surface area contributed by atoms with Gasteiger partial charge < -0.3 is 24.0 Å². The highest BCUT2D eigenvalue weighted by Crippen LogP contribution is 2.51. The topological polar surface area (TPSA) is 191 Å². The van der Waals surface area contributed by atoms with Crippen molar-refractivity contribution in [3.05, 3.63) is 70.2 Å². The minimum Gasteiger partial charge on any atom is -0.494 e. The van der Waals surface area contributed by atoms with Gasteiger partial charge in [-0.05, 0) is 70.6 Å². The summed E-state index contributed by atoms with van der Waals surface area (Å²) in [5.41, 5.74) is 2.40. The zero-order valence-corrected chi connectivity index (χ0v) is 34.3. The largest absolute Gasteiger partial charge is 0.529 e. The number of para-hydroxylation sites is 1. The smallest absolute Gasteiger partial charge is 0.494 e. The van der Waals surface area contributed by atoms with E-state index >= 15 is 0 Å². The first kappa shape index (κ1) is 41.2. The summed E-state index contributed by atoms with van der Waals surface area (Å²) < 4.78 is 43.1. The second-order valence-electron chi connectivity index (χ2n) is 13.7. The van der Waals surface area contributed by atoms with Gasteiger partial charge in [0, 0.05) is 50.4 Å². The van der Waals surface area contributed by atoms with E-state index in [-0.39, 0.29) is 47.5 Å². The van der Waals surface area contributed by atoms with Gasteiger partial charge in [-0.15, -0.1) is 10.2 Å². The van der Waals surface area contributed by atoms with Crippen molar-refractivity contribution in [1.82, 2.24) is 29.4 Å². The number of esters is 1. The van der Waals surface area contributed by atoms with Gasteiger partial charge in [-0.25, -0.2) is 9.56 Å². The molecule has 294 valence electrons. The molecule has 5 rings (SSSR count). The molecule has 0 radical (unpaired) electrons. The number of tetrazole rings is 1. The summed E-state index contributed by atoms with van der Waals surface area (Å²) in [6.45, 7) is 7.05. The minimum absolute atomic E-state index is 0.119. The van der Waals surface area contributed by atoms with Crippen molar-refractivity contribution < 1.29 is 42.0 Å². The monoisotopic (exact) mass is 796 g/mol. The number of aryl methyl sites for hydroxylation is 3. The number of benzene rings is 2. The summed E-state index contributed by atoms with van der Waals surface area (Å²) in [7, 11) is 5.54. The van der Waals surface area contributed by atoms with E-state index < -0.39 is 25.1 Å². The Morgan fingerprint density at radius 3 is 2.42 bits per heavy atom. The molecular formula is C36H46N8O9P2. The van der Waals surface area contributed by atoms with Gasteiger partial charge in [0.15, 0.2) is 12.5 Å². The first-order valence-electron chi connectivity index (χ1n) is 17.2. The highest BCUT2D eigenvalue weighted by molar-refractivity contribution is 7.48. The molecule has 0 saturated heterocycles. The van der Waals surface area contributed by atoms with E-state index in [9.17, 15) is 18.9 Å². The second kappa shape index (κ2) is 16.8. The lowest BCUT2D eigenvalue weighted by Crippen LogP contribution is -2.29. The lowest BCUT2D eigenvalue weighted by molar-refractivity contribution is -0.148. The Morgan fingerprint density at radius 1 is 1.11 bits per heavy atom. The summed E-state index contributed by atoms with van der Waals surface area (Å²) in [5.74, 6) is -0.233. The first-order chi connectivity index (χ1) is 26.0. The number of ether oxygens (including phenoxy) is 2. The normalized spacial score (nSPS) is 13.4. The van der Waals surface area contributed by atoms with Gasteiger partial charge in [-0.1, -0.05) is 26.0 Å². The lowest BCUT2D eigenvalue weighted by Gasteiger charge is -2.29. The van der Waals surface area contributed by atoms with Crippen LogP contribution in [0.4, 0.5) is 11.5 Å². The van der Waals surface area contributed by atoms with Crippen molar-refractivity contribution in [2.45, 2.75) is 59.1 Å². The third-order valence-electron chi connectivity index (χ3n) is 8.81. The standard InChI is InChI=1S/C36H46N8O9P2/c1-21-15-22(2)31(28(16-21)53-55(48,50-8)51-9)36(3,4)18-30(45)52-20-44-19-25(35(47)42(5)54)27(17-29(44)38-34(46)23-13-14-23)37-26-12-10-11-24(32(26)49-7)33-39-41-43(6)40-33/h10-12,15-17,19,23H,13-14,18,20,54H2,1-9H3,(H,38,46). The molecule has 4 aromatic rings. The molecule has 17 nitrogen and oxygen atoms in total. The van der Waals surface area contributed by atoms with Crippen molar-refractivity contribution in [2.24, 2.45) is 18.0 Å². The number of nitrogens with zero attached hydrogens (tertiary/aromatic N) is 7. The van der Waals surface area contributed by atoms with E-state index in [0.717, 1.165) is 24.0 Å². The van der Waals surface area contributed by atoms with Crippen molar-refractivity contribution >= 4 is 46.5 Å². The molecule has 1 saturated carbocycles. The van der Waals surface area contributed by atoms with Crippen molar-refractivity contribution in [1.29, 1.82) is 0 Å². The van der Waals surface area contributed by atoms with Crippen LogP contribution in [-0.2, 0) is 47.1 Å². The van der Waals surface area contributed by atoms with E-state index in [1.54, 1.807) is 44.4 Å². The summed E-state index contributed by atoms with van der Waals surface area (Å²) in [6, 6.07) is 10.4. The summed E-state index contributed by atoms with van der Waals surface area (Å²) >= 11 is 0. The lowest BCUT2D eigenvalue weighted by atomic mass is 9.78. The van der Waals surface area contributed by atoms with Crippen LogP contribution in [0.15, 0.2) is 47.6 Å². The fraction of sp³-hybridized carbons (Fsp3) is 0.417. The van der Waals surface area contributed by atoms with E-state index in [1.807, 2.05) is 33.8 Å². The highest BCUT2D eigenvalue weighted by atomic mass is 31.2. The maximum absolute atomic E-state index is 13.6. The molecule has 2 amide bonds. The Hall–Kier alpha value is -4.95. The van der Waals surface area contributed by atoms with Crippen molar-refractivity contribution in [3.63, 3.8) is 0 Å². The van der Waals surface area contributed by atoms with Crippen LogP contribution >= 0.6 is 17.2 Å². The number of carbonyl (C=O) groups is 3. The van der Waals surface area contributed by atoms with Crippen molar-refractivity contribution in [3.8, 4) is 22.9 Å². The van der Waals surface area contributed by atoms with Gasteiger partial charge in [0.25, 0.3) is 5.91 Å². The number of hydrogen-bond donors (Lipinski definition) is 1. The van der Waals surface area contributed by atoms with E-state index in [4.69, 9.17) is 28.0 Å². The predicted octanol–water partition coefficient (Wildman–Crippen LogP) is 5.40. The number of aromatic nitrogens is 5. The number of hydrogen-bond acceptors (Lipinski definition) is 13. The van der Waals surface area contributed by atoms with Crippen LogP contribution in [0.1, 0.15) is 60.2 Å². The molecule has 1 unspecified atom stereocenters. The number of carbonyl (C=O) groups excluding carboxylic acids is 3. The Balaban J connectivity index is 1.52. The van der Waals surface area contributed by atoms with Gasteiger partial charge in [0.05, 0.1) is 37.1 Å². The van der Waals surface area contributed by atoms with Gasteiger partial charge in [-0.2, -0.15) is 4.80 Å². The summed E-state index contributed by atoms with van der Waals surface area (Å²) in [4.78, 5) is 46.5. The second-order valence-corrected chi connectivity index (χ2v) is 16.3. The summed E-state index contributed by atoms with van der Waals surface area (Å²) in [5, 5.41) is 15.4. The van der Waals surface area contributed by atoms with Crippen LogP contribution < -0.4 is 19.9 Å². The molecule has 0 spiro atoms. The Kier molecular flexibility index (Phi) is 12.6. The van der Waals surface area contributed by atoms with Crippen LogP contribution in [0.2, 0.25) is 0 Å². The molecule has 1 atom stereocenters. The number of anilines is 1. The number of amides is 2. The maximum atomic E-state index is 13.6. The van der Waals surface area contributed by atoms with Gasteiger partial charge in [0.1, 0.15) is 17.3 Å². The van der Waals surface area contributed by atoms with Crippen LogP contribution in [0.5, 0.6) is 11.5 Å². The van der Waals surface area contributed by atoms with E-state index in [0.29, 0.717) is 28.4 Å². The highest BCUT2D eigenvalue weighted by Gasteiger charge is 2.35. The number of phosphoric acid groups is 1. The molecular weight excluding hydrogens is 750 g/mol. The van der Waals surface area contributed by atoms with Gasteiger partial charge in [0.2, 0.25) is 11.7 Å². The third-order valence-corrected chi connectivity index (χ3v) is 10.4. The van der Waals surface area contributed by atoms with Crippen LogP contribution in [0, 0.1) is 19.8 Å². The van der Waals surface area contributed by atoms with Gasteiger partial charge in [-0.3, -0.25) is 28.0 Å². The summed E-state index contributed by atoms with van der Waals surface area (Å²) in [6.07, 6.45) is 2.85. The Bertz CT molecular complexity index is 2220. The molecule has 19 heteroatoms. The first-order valence-corrected chi connectivity index (χ1v) is 19.2. The minimum atomic E-state index is -3.92. The van der Waals surface area contributed by atoms with E-state index in [2.05, 4.69) is 30.1 Å². The van der Waals surface area contributed by atoms with Crippen LogP contribution in [0.25, 0.3) is 11.4 Å². The number of nitrogens with one attached hydrogen (secondary N) is 1. The zero-order valence-electron chi connectivity index (χ0n) is 32.3. The SMILES string of the molecule is COc1c(N=c2cc(NC(=O)C3CC3)n(COC(=O)CC(C)(C)c3c(C)cc(C)cc3OP(=O)(OC)OC)cc2C(=O)N(C)P)cccc1-c1nnn(C)n1. The number of methoxy groups -OCH3 is 1. The zero-order chi connectivity index (χ0) is 40.2. The molecule has 1 fully saturated rings.